The summed E-state index contributed by atoms with van der Waals surface area (Å²) in [6, 6.07) is 4.60. The van der Waals surface area contributed by atoms with Crippen molar-refractivity contribution in [2.24, 2.45) is 0 Å². The molecule has 1 atom stereocenters. The summed E-state index contributed by atoms with van der Waals surface area (Å²) < 4.78 is 38.2. The number of hydrogen-bond donors (Lipinski definition) is 3. The number of rotatable bonds is 5. The smallest absolute Gasteiger partial charge is 0.416 e. The fourth-order valence-corrected chi connectivity index (χ4v) is 1.53. The summed E-state index contributed by atoms with van der Waals surface area (Å²) in [6.07, 6.45) is -5.14. The summed E-state index contributed by atoms with van der Waals surface area (Å²) in [5.41, 5.74) is -3.33. The largest absolute Gasteiger partial charge is 0.479 e. The predicted octanol–water partition coefficient (Wildman–Crippen LogP) is 1.20. The second kappa shape index (κ2) is 6.13. The lowest BCUT2D eigenvalue weighted by atomic mass is 10.0. The topological polar surface area (TPSA) is 86.6 Å². The van der Waals surface area contributed by atoms with Crippen LogP contribution in [0.15, 0.2) is 24.3 Å². The van der Waals surface area contributed by atoms with Crippen molar-refractivity contribution in [2.75, 3.05) is 6.54 Å². The van der Waals surface area contributed by atoms with Crippen LogP contribution in [0, 0.1) is 0 Å². The Morgan fingerprint density at radius 2 is 1.81 bits per heavy atom. The molecule has 21 heavy (non-hydrogen) atoms. The van der Waals surface area contributed by atoms with Crippen LogP contribution >= 0.6 is 0 Å². The van der Waals surface area contributed by atoms with Crippen molar-refractivity contribution in [2.45, 2.75) is 25.1 Å². The normalized spacial score (nSPS) is 14.3. The monoisotopic (exact) mass is 305 g/mol. The number of carbonyl (C=O) groups is 2. The van der Waals surface area contributed by atoms with Crippen LogP contribution in [0.3, 0.4) is 0 Å². The van der Waals surface area contributed by atoms with Gasteiger partial charge in [-0.1, -0.05) is 18.2 Å². The zero-order chi connectivity index (χ0) is 16.3. The Hall–Kier alpha value is -2.09. The molecule has 1 aromatic rings. The Labute approximate surface area is 118 Å². The van der Waals surface area contributed by atoms with Crippen LogP contribution in [0.4, 0.5) is 13.2 Å². The van der Waals surface area contributed by atoms with Gasteiger partial charge in [0.1, 0.15) is 0 Å². The van der Waals surface area contributed by atoms with E-state index >= 15 is 0 Å². The van der Waals surface area contributed by atoms with Gasteiger partial charge in [0.2, 0.25) is 5.91 Å². The minimum absolute atomic E-state index is 0.225. The van der Waals surface area contributed by atoms with Gasteiger partial charge in [-0.3, -0.25) is 4.79 Å². The third kappa shape index (κ3) is 4.75. The third-order valence-corrected chi connectivity index (χ3v) is 2.76. The van der Waals surface area contributed by atoms with Gasteiger partial charge in [-0.15, -0.1) is 0 Å². The molecule has 0 radical (unpaired) electrons. The number of carboxylic acids is 1. The standard InChI is InChI=1S/C13H14F3NO4/c1-12(21,11(19)20)7-17-10(18)6-8-4-2-3-5-9(8)13(14,15)16/h2-5,21H,6-7H2,1H3,(H,17,18)(H,19,20). The van der Waals surface area contributed by atoms with Gasteiger partial charge in [-0.05, 0) is 18.6 Å². The fraction of sp³-hybridized carbons (Fsp3) is 0.385. The van der Waals surface area contributed by atoms with Gasteiger partial charge >= 0.3 is 12.1 Å². The van der Waals surface area contributed by atoms with E-state index in [-0.39, 0.29) is 5.56 Å². The average molecular weight is 305 g/mol. The lowest BCUT2D eigenvalue weighted by Gasteiger charge is -2.18. The number of aliphatic hydroxyl groups is 1. The third-order valence-electron chi connectivity index (χ3n) is 2.76. The zero-order valence-corrected chi connectivity index (χ0v) is 11.1. The lowest BCUT2D eigenvalue weighted by molar-refractivity contribution is -0.156. The van der Waals surface area contributed by atoms with Crippen molar-refractivity contribution in [3.63, 3.8) is 0 Å². The summed E-state index contributed by atoms with van der Waals surface area (Å²) in [6.45, 7) is 0.370. The van der Waals surface area contributed by atoms with Crippen LogP contribution in [0.5, 0.6) is 0 Å². The average Bonchev–Trinajstić information content (AvgIpc) is 2.35. The van der Waals surface area contributed by atoms with Crippen LogP contribution in [-0.2, 0) is 22.2 Å². The van der Waals surface area contributed by atoms with Crippen LogP contribution in [-0.4, -0.2) is 34.2 Å². The van der Waals surface area contributed by atoms with Gasteiger partial charge in [-0.25, -0.2) is 4.79 Å². The first-order valence-electron chi connectivity index (χ1n) is 5.91. The number of carboxylic acid groups (broad SMARTS) is 1. The van der Waals surface area contributed by atoms with Crippen LogP contribution < -0.4 is 5.32 Å². The van der Waals surface area contributed by atoms with Gasteiger partial charge in [0.15, 0.2) is 5.60 Å². The lowest BCUT2D eigenvalue weighted by Crippen LogP contribution is -2.46. The van der Waals surface area contributed by atoms with E-state index in [1.165, 1.54) is 12.1 Å². The Morgan fingerprint density at radius 3 is 2.33 bits per heavy atom. The molecule has 0 saturated heterocycles. The van der Waals surface area contributed by atoms with E-state index < -0.39 is 42.2 Å². The molecule has 0 fully saturated rings. The molecule has 8 heteroatoms. The van der Waals surface area contributed by atoms with E-state index in [0.29, 0.717) is 0 Å². The summed E-state index contributed by atoms with van der Waals surface area (Å²) >= 11 is 0. The van der Waals surface area contributed by atoms with Crippen molar-refractivity contribution in [3.05, 3.63) is 35.4 Å². The number of carbonyl (C=O) groups excluding carboxylic acids is 1. The van der Waals surface area contributed by atoms with E-state index in [1.54, 1.807) is 0 Å². The molecule has 0 spiro atoms. The minimum Gasteiger partial charge on any atom is -0.479 e. The Morgan fingerprint density at radius 1 is 1.24 bits per heavy atom. The highest BCUT2D eigenvalue weighted by atomic mass is 19.4. The molecule has 116 valence electrons. The number of nitrogens with one attached hydrogen (secondary N) is 1. The molecule has 5 nitrogen and oxygen atoms in total. The van der Waals surface area contributed by atoms with Gasteiger partial charge in [0, 0.05) is 0 Å². The molecule has 0 aliphatic carbocycles. The van der Waals surface area contributed by atoms with Crippen molar-refractivity contribution >= 4 is 11.9 Å². The summed E-state index contributed by atoms with van der Waals surface area (Å²) in [5.74, 6) is -2.35. The molecule has 1 amide bonds. The van der Waals surface area contributed by atoms with E-state index in [2.05, 4.69) is 5.32 Å². The number of aliphatic carboxylic acids is 1. The number of halogens is 3. The molecule has 3 N–H and O–H groups in total. The second-order valence-corrected chi connectivity index (χ2v) is 4.69. The summed E-state index contributed by atoms with van der Waals surface area (Å²) in [4.78, 5) is 22.2. The minimum atomic E-state index is -4.58. The SMILES string of the molecule is CC(O)(CNC(=O)Cc1ccccc1C(F)(F)F)C(=O)O. The summed E-state index contributed by atoms with van der Waals surface area (Å²) in [7, 11) is 0. The van der Waals surface area contributed by atoms with E-state index in [0.717, 1.165) is 19.1 Å². The number of benzene rings is 1. The number of amides is 1. The first kappa shape index (κ1) is 17.0. The van der Waals surface area contributed by atoms with Gasteiger partial charge in [0.25, 0.3) is 0 Å². The van der Waals surface area contributed by atoms with E-state index in [4.69, 9.17) is 5.11 Å². The number of alkyl halides is 3. The second-order valence-electron chi connectivity index (χ2n) is 4.69. The van der Waals surface area contributed by atoms with Gasteiger partial charge < -0.3 is 15.5 Å². The van der Waals surface area contributed by atoms with Gasteiger partial charge in [-0.2, -0.15) is 13.2 Å². The predicted molar refractivity (Wildman–Crippen MR) is 66.4 cm³/mol. The fourth-order valence-electron chi connectivity index (χ4n) is 1.53. The molecular formula is C13H14F3NO4. The molecule has 0 heterocycles. The van der Waals surface area contributed by atoms with Crippen LogP contribution in [0.25, 0.3) is 0 Å². The first-order chi connectivity index (χ1) is 9.54. The van der Waals surface area contributed by atoms with E-state index in [9.17, 15) is 27.9 Å². The molecule has 1 unspecified atom stereocenters. The first-order valence-corrected chi connectivity index (χ1v) is 5.91. The highest BCUT2D eigenvalue weighted by Crippen LogP contribution is 2.31. The maximum Gasteiger partial charge on any atom is 0.416 e. The highest BCUT2D eigenvalue weighted by molar-refractivity contribution is 5.81. The van der Waals surface area contributed by atoms with Crippen molar-refractivity contribution < 1.29 is 33.0 Å². The maximum atomic E-state index is 12.7. The van der Waals surface area contributed by atoms with E-state index in [1.807, 2.05) is 0 Å². The number of hydrogen-bond acceptors (Lipinski definition) is 3. The Kier molecular flexibility index (Phi) is 4.95. The Bertz CT molecular complexity index is 540. The maximum absolute atomic E-state index is 12.7. The molecule has 1 aromatic carbocycles. The van der Waals surface area contributed by atoms with Gasteiger partial charge in [0.05, 0.1) is 18.5 Å². The molecule has 0 aliphatic rings. The molecule has 1 rings (SSSR count). The molecule has 0 aliphatic heterocycles. The van der Waals surface area contributed by atoms with Crippen LogP contribution in [0.2, 0.25) is 0 Å². The molecule has 0 bridgehead atoms. The highest BCUT2D eigenvalue weighted by Gasteiger charge is 2.34. The van der Waals surface area contributed by atoms with Crippen molar-refractivity contribution in [3.8, 4) is 0 Å². The zero-order valence-electron chi connectivity index (χ0n) is 11.1. The van der Waals surface area contributed by atoms with Crippen molar-refractivity contribution in [1.82, 2.24) is 5.32 Å². The van der Waals surface area contributed by atoms with Crippen LogP contribution in [0.1, 0.15) is 18.1 Å². The molecule has 0 saturated carbocycles. The molecular weight excluding hydrogens is 291 g/mol. The van der Waals surface area contributed by atoms with Crippen molar-refractivity contribution in [1.29, 1.82) is 0 Å². The quantitative estimate of drug-likeness (QED) is 0.763. The Balaban J connectivity index is 2.75. The molecule has 0 aromatic heterocycles. The summed E-state index contributed by atoms with van der Waals surface area (Å²) in [5, 5.41) is 20.1.